The summed E-state index contributed by atoms with van der Waals surface area (Å²) in [5, 5.41) is 3.30. The molecule has 2 aromatic rings. The molecule has 1 aliphatic heterocycles. The van der Waals surface area contributed by atoms with Crippen LogP contribution in [0.25, 0.3) is 0 Å². The van der Waals surface area contributed by atoms with Crippen molar-refractivity contribution in [3.05, 3.63) is 65.7 Å². The highest BCUT2D eigenvalue weighted by molar-refractivity contribution is 5.76. The second kappa shape index (κ2) is 7.63. The normalized spacial score (nSPS) is 18.8. The number of hydrogen-bond donors (Lipinski definition) is 1. The summed E-state index contributed by atoms with van der Waals surface area (Å²) in [5.41, 5.74) is 2.40. The van der Waals surface area contributed by atoms with Gasteiger partial charge in [-0.05, 0) is 61.3 Å². The maximum atomic E-state index is 12.8. The Bertz CT molecular complexity index is 761. The number of nitrogens with one attached hydrogen (secondary N) is 1. The Morgan fingerprint density at radius 3 is 2.33 bits per heavy atom. The lowest BCUT2D eigenvalue weighted by Gasteiger charge is -2.33. The van der Waals surface area contributed by atoms with Gasteiger partial charge in [-0.2, -0.15) is 0 Å². The number of benzene rings is 2. The van der Waals surface area contributed by atoms with Gasteiger partial charge in [0.2, 0.25) is 0 Å². The zero-order chi connectivity index (χ0) is 18.7. The number of hydrogen-bond acceptors (Lipinski definition) is 2. The summed E-state index contributed by atoms with van der Waals surface area (Å²) in [6.45, 7) is 1.70. The van der Waals surface area contributed by atoms with Crippen LogP contribution in [0.2, 0.25) is 0 Å². The summed E-state index contributed by atoms with van der Waals surface area (Å²) in [7, 11) is 1.67. The smallest absolute Gasteiger partial charge is 0.318 e. The summed E-state index contributed by atoms with van der Waals surface area (Å²) in [6.07, 6.45) is 5.30. The van der Waals surface area contributed by atoms with Gasteiger partial charge in [-0.3, -0.25) is 0 Å². The van der Waals surface area contributed by atoms with E-state index in [1.807, 2.05) is 17.0 Å². The molecule has 1 saturated carbocycles. The molecule has 142 valence electrons. The van der Waals surface area contributed by atoms with Crippen LogP contribution in [0, 0.1) is 5.92 Å². The Morgan fingerprint density at radius 1 is 1.07 bits per heavy atom. The van der Waals surface area contributed by atoms with Crippen LogP contribution in [0.1, 0.15) is 36.8 Å². The van der Waals surface area contributed by atoms with E-state index in [2.05, 4.69) is 47.8 Å². The van der Waals surface area contributed by atoms with Crippen molar-refractivity contribution in [2.45, 2.75) is 37.6 Å². The Hall–Kier alpha value is -2.49. The molecule has 27 heavy (non-hydrogen) atoms. The summed E-state index contributed by atoms with van der Waals surface area (Å²) >= 11 is 0. The maximum Gasteiger partial charge on any atom is 0.318 e. The minimum absolute atomic E-state index is 0.0847. The highest BCUT2D eigenvalue weighted by atomic mass is 16.5. The van der Waals surface area contributed by atoms with E-state index in [9.17, 15) is 4.79 Å². The number of methoxy groups -OCH3 is 1. The summed E-state index contributed by atoms with van der Waals surface area (Å²) in [6, 6.07) is 18.8. The number of piperidine rings is 1. The highest BCUT2D eigenvalue weighted by Gasteiger charge is 2.46. The number of ether oxygens (including phenoxy) is 1. The Balaban J connectivity index is 1.30. The van der Waals surface area contributed by atoms with Gasteiger partial charge in [-0.15, -0.1) is 0 Å². The first-order valence-electron chi connectivity index (χ1n) is 9.94. The lowest BCUT2D eigenvalue weighted by Crippen LogP contribution is -2.48. The Kier molecular flexibility index (Phi) is 5.06. The van der Waals surface area contributed by atoms with Crippen molar-refractivity contribution in [2.24, 2.45) is 5.92 Å². The van der Waals surface area contributed by atoms with E-state index in [1.54, 1.807) is 7.11 Å². The van der Waals surface area contributed by atoms with Crippen molar-refractivity contribution in [2.75, 3.05) is 20.2 Å². The fourth-order valence-corrected chi connectivity index (χ4v) is 4.09. The van der Waals surface area contributed by atoms with E-state index in [4.69, 9.17) is 4.74 Å². The molecule has 0 bridgehead atoms. The summed E-state index contributed by atoms with van der Waals surface area (Å²) < 4.78 is 5.24. The first-order valence-corrected chi connectivity index (χ1v) is 9.94. The molecule has 0 atom stereocenters. The Labute approximate surface area is 161 Å². The van der Waals surface area contributed by atoms with E-state index >= 15 is 0 Å². The van der Waals surface area contributed by atoms with Gasteiger partial charge in [0, 0.05) is 13.1 Å². The molecule has 1 saturated heterocycles. The number of carbonyl (C=O) groups is 1. The molecule has 2 fully saturated rings. The first kappa shape index (κ1) is 17.9. The average molecular weight is 364 g/mol. The second-order valence-corrected chi connectivity index (χ2v) is 7.86. The number of likely N-dealkylation sites (tertiary alicyclic amines) is 1. The van der Waals surface area contributed by atoms with Crippen LogP contribution in [-0.4, -0.2) is 31.1 Å². The molecule has 4 heteroatoms. The van der Waals surface area contributed by atoms with Gasteiger partial charge < -0.3 is 15.0 Å². The average Bonchev–Trinajstić information content (AvgIpc) is 3.50. The van der Waals surface area contributed by atoms with Gasteiger partial charge in [-0.25, -0.2) is 4.79 Å². The fourth-order valence-electron chi connectivity index (χ4n) is 4.09. The Morgan fingerprint density at radius 2 is 1.74 bits per heavy atom. The van der Waals surface area contributed by atoms with Gasteiger partial charge in [0.1, 0.15) is 5.75 Å². The molecule has 1 aliphatic carbocycles. The standard InChI is InChI=1S/C23H28N2O2/c1-27-21-9-7-20(8-10-21)23(13-14-23)24-22(26)25-15-11-19(12-16-25)17-18-5-3-2-4-6-18/h2-10,19H,11-17H2,1H3,(H,24,26). The third-order valence-corrected chi connectivity index (χ3v) is 6.01. The van der Waals surface area contributed by atoms with Crippen molar-refractivity contribution >= 4 is 6.03 Å². The van der Waals surface area contributed by atoms with Gasteiger partial charge in [0.25, 0.3) is 0 Å². The molecule has 0 spiro atoms. The van der Waals surface area contributed by atoms with Gasteiger partial charge >= 0.3 is 6.03 Å². The molecule has 4 nitrogen and oxygen atoms in total. The largest absolute Gasteiger partial charge is 0.497 e. The summed E-state index contributed by atoms with van der Waals surface area (Å²) in [5.74, 6) is 1.52. The van der Waals surface area contributed by atoms with Crippen LogP contribution in [-0.2, 0) is 12.0 Å². The van der Waals surface area contributed by atoms with Gasteiger partial charge in [-0.1, -0.05) is 42.5 Å². The first-order chi connectivity index (χ1) is 13.2. The molecule has 1 N–H and O–H groups in total. The molecule has 4 rings (SSSR count). The maximum absolute atomic E-state index is 12.8. The zero-order valence-electron chi connectivity index (χ0n) is 16.0. The lowest BCUT2D eigenvalue weighted by atomic mass is 9.90. The molecule has 2 aromatic carbocycles. The van der Waals surface area contributed by atoms with Crippen molar-refractivity contribution in [3.63, 3.8) is 0 Å². The monoisotopic (exact) mass is 364 g/mol. The lowest BCUT2D eigenvalue weighted by molar-refractivity contribution is 0.166. The third-order valence-electron chi connectivity index (χ3n) is 6.01. The van der Waals surface area contributed by atoms with Crippen LogP contribution >= 0.6 is 0 Å². The van der Waals surface area contributed by atoms with Gasteiger partial charge in [0.15, 0.2) is 0 Å². The van der Waals surface area contributed by atoms with Crippen LogP contribution in [0.5, 0.6) is 5.75 Å². The predicted molar refractivity (Wildman–Crippen MR) is 107 cm³/mol. The van der Waals surface area contributed by atoms with Crippen molar-refractivity contribution in [1.29, 1.82) is 0 Å². The number of rotatable bonds is 5. The quantitative estimate of drug-likeness (QED) is 0.857. The van der Waals surface area contributed by atoms with Crippen LogP contribution < -0.4 is 10.1 Å². The number of carbonyl (C=O) groups excluding carboxylic acids is 1. The van der Waals surface area contributed by atoms with Crippen molar-refractivity contribution < 1.29 is 9.53 Å². The van der Waals surface area contributed by atoms with Gasteiger partial charge in [0.05, 0.1) is 12.6 Å². The molecule has 1 heterocycles. The SMILES string of the molecule is COc1ccc(C2(NC(=O)N3CCC(Cc4ccccc4)CC3)CC2)cc1. The number of amides is 2. The highest BCUT2D eigenvalue weighted by Crippen LogP contribution is 2.46. The molecule has 0 unspecified atom stereocenters. The summed E-state index contributed by atoms with van der Waals surface area (Å²) in [4.78, 5) is 14.8. The zero-order valence-corrected chi connectivity index (χ0v) is 16.0. The van der Waals surface area contributed by atoms with E-state index in [-0.39, 0.29) is 11.6 Å². The molecular formula is C23H28N2O2. The predicted octanol–water partition coefficient (Wildman–Crippen LogP) is 4.35. The van der Waals surface area contributed by atoms with E-state index in [0.29, 0.717) is 5.92 Å². The van der Waals surface area contributed by atoms with Crippen molar-refractivity contribution in [3.8, 4) is 5.75 Å². The van der Waals surface area contributed by atoms with E-state index in [0.717, 1.165) is 50.9 Å². The molecule has 0 radical (unpaired) electrons. The van der Waals surface area contributed by atoms with Crippen LogP contribution in [0.3, 0.4) is 0 Å². The molecule has 2 amide bonds. The number of urea groups is 1. The van der Waals surface area contributed by atoms with Crippen LogP contribution in [0.4, 0.5) is 4.79 Å². The minimum atomic E-state index is -0.176. The van der Waals surface area contributed by atoms with Crippen molar-refractivity contribution in [1.82, 2.24) is 10.2 Å². The molecular weight excluding hydrogens is 336 g/mol. The van der Waals surface area contributed by atoms with Crippen LogP contribution in [0.15, 0.2) is 54.6 Å². The fraction of sp³-hybridized carbons (Fsp3) is 0.435. The van der Waals surface area contributed by atoms with E-state index in [1.165, 1.54) is 11.1 Å². The van der Waals surface area contributed by atoms with E-state index < -0.39 is 0 Å². The molecule has 0 aromatic heterocycles. The minimum Gasteiger partial charge on any atom is -0.497 e. The second-order valence-electron chi connectivity index (χ2n) is 7.86. The molecule has 2 aliphatic rings. The third kappa shape index (κ3) is 4.10. The number of nitrogens with zero attached hydrogens (tertiary/aromatic N) is 1. The topological polar surface area (TPSA) is 41.6 Å².